The summed E-state index contributed by atoms with van der Waals surface area (Å²) in [7, 11) is 6.19. The average molecular weight is 389 g/mol. The van der Waals surface area contributed by atoms with Crippen LogP contribution >= 0.6 is 0 Å². The van der Waals surface area contributed by atoms with Gasteiger partial charge < -0.3 is 14.4 Å². The maximum atomic E-state index is 12.4. The number of likely N-dealkylation sites (tertiary alicyclic amines) is 2. The third-order valence-electron chi connectivity index (χ3n) is 6.60. The van der Waals surface area contributed by atoms with Gasteiger partial charge in [-0.2, -0.15) is 0 Å². The first-order chi connectivity index (χ1) is 13.3. The SMILES string of the molecule is CC(=O)c1cc(CN2CCC3(CCC(=O)N(CCCN(C)C)C3)CC2)n(C)c1. The normalized spacial score (nSPS) is 20.3. The van der Waals surface area contributed by atoms with Crippen molar-refractivity contribution in [1.82, 2.24) is 19.3 Å². The number of nitrogens with zero attached hydrogens (tertiary/aromatic N) is 4. The van der Waals surface area contributed by atoms with Gasteiger partial charge in [-0.15, -0.1) is 0 Å². The van der Waals surface area contributed by atoms with Crippen LogP contribution in [0.4, 0.5) is 0 Å². The summed E-state index contributed by atoms with van der Waals surface area (Å²) >= 11 is 0. The molecule has 156 valence electrons. The molecule has 6 nitrogen and oxygen atoms in total. The summed E-state index contributed by atoms with van der Waals surface area (Å²) < 4.78 is 2.08. The fraction of sp³-hybridized carbons (Fsp3) is 0.727. The van der Waals surface area contributed by atoms with Crippen LogP contribution in [0.25, 0.3) is 0 Å². The molecule has 1 spiro atoms. The van der Waals surface area contributed by atoms with Crippen molar-refractivity contribution >= 4 is 11.7 Å². The number of amides is 1. The van der Waals surface area contributed by atoms with Gasteiger partial charge in [0.1, 0.15) is 0 Å². The summed E-state index contributed by atoms with van der Waals surface area (Å²) in [5.41, 5.74) is 2.30. The number of hydrogen-bond donors (Lipinski definition) is 0. The van der Waals surface area contributed by atoms with Gasteiger partial charge >= 0.3 is 0 Å². The van der Waals surface area contributed by atoms with E-state index in [0.717, 1.165) is 70.5 Å². The van der Waals surface area contributed by atoms with E-state index in [0.29, 0.717) is 17.7 Å². The minimum absolute atomic E-state index is 0.126. The number of piperidine rings is 2. The van der Waals surface area contributed by atoms with Crippen LogP contribution in [0, 0.1) is 5.41 Å². The summed E-state index contributed by atoms with van der Waals surface area (Å²) in [5, 5.41) is 0. The molecule has 2 aliphatic rings. The van der Waals surface area contributed by atoms with Crippen LogP contribution in [-0.2, 0) is 18.4 Å². The zero-order chi connectivity index (χ0) is 20.3. The third kappa shape index (κ3) is 5.03. The Labute approximate surface area is 169 Å². The Bertz CT molecular complexity index is 701. The van der Waals surface area contributed by atoms with Gasteiger partial charge in [0.05, 0.1) is 0 Å². The van der Waals surface area contributed by atoms with Gasteiger partial charge in [0.25, 0.3) is 0 Å². The van der Waals surface area contributed by atoms with Gasteiger partial charge in [-0.05, 0) is 77.8 Å². The minimum Gasteiger partial charge on any atom is -0.353 e. The van der Waals surface area contributed by atoms with Crippen LogP contribution in [0.15, 0.2) is 12.3 Å². The van der Waals surface area contributed by atoms with E-state index >= 15 is 0 Å². The van der Waals surface area contributed by atoms with Gasteiger partial charge in [-0.1, -0.05) is 0 Å². The lowest BCUT2D eigenvalue weighted by Gasteiger charge is -2.47. The molecular weight excluding hydrogens is 352 g/mol. The van der Waals surface area contributed by atoms with Crippen LogP contribution in [0.5, 0.6) is 0 Å². The first-order valence-electron chi connectivity index (χ1n) is 10.6. The zero-order valence-corrected chi connectivity index (χ0v) is 18.0. The van der Waals surface area contributed by atoms with Gasteiger partial charge in [0.15, 0.2) is 5.78 Å². The maximum absolute atomic E-state index is 12.4. The average Bonchev–Trinajstić information content (AvgIpc) is 3.01. The van der Waals surface area contributed by atoms with Crippen molar-refractivity contribution in [3.05, 3.63) is 23.5 Å². The molecule has 3 heterocycles. The van der Waals surface area contributed by atoms with Gasteiger partial charge in [0, 0.05) is 50.6 Å². The van der Waals surface area contributed by atoms with E-state index in [-0.39, 0.29) is 5.78 Å². The smallest absolute Gasteiger partial charge is 0.222 e. The fourth-order valence-electron chi connectivity index (χ4n) is 4.67. The molecule has 0 aromatic carbocycles. The molecule has 0 atom stereocenters. The predicted molar refractivity (Wildman–Crippen MR) is 111 cm³/mol. The Morgan fingerprint density at radius 1 is 1.21 bits per heavy atom. The molecule has 2 aliphatic heterocycles. The van der Waals surface area contributed by atoms with Crippen LogP contribution in [0.3, 0.4) is 0 Å². The van der Waals surface area contributed by atoms with Gasteiger partial charge in [-0.25, -0.2) is 0 Å². The van der Waals surface area contributed by atoms with Crippen LogP contribution in [0.1, 0.15) is 55.1 Å². The number of rotatable bonds is 7. The molecule has 0 bridgehead atoms. The summed E-state index contributed by atoms with van der Waals surface area (Å²) in [6, 6.07) is 2.03. The van der Waals surface area contributed by atoms with E-state index in [2.05, 4.69) is 33.4 Å². The number of carbonyl (C=O) groups excluding carboxylic acids is 2. The molecule has 2 saturated heterocycles. The summed E-state index contributed by atoms with van der Waals surface area (Å²) in [6.07, 6.45) is 7.06. The Kier molecular flexibility index (Phi) is 6.61. The molecule has 0 unspecified atom stereocenters. The highest BCUT2D eigenvalue weighted by molar-refractivity contribution is 5.94. The third-order valence-corrected chi connectivity index (χ3v) is 6.60. The van der Waals surface area contributed by atoms with Crippen LogP contribution in [0.2, 0.25) is 0 Å². The number of aromatic nitrogens is 1. The summed E-state index contributed by atoms with van der Waals surface area (Å²) in [6.45, 7) is 7.51. The van der Waals surface area contributed by atoms with Gasteiger partial charge in [-0.3, -0.25) is 14.5 Å². The number of aryl methyl sites for hydroxylation is 1. The number of carbonyl (C=O) groups is 2. The molecule has 2 fully saturated rings. The van der Waals surface area contributed by atoms with E-state index in [9.17, 15) is 9.59 Å². The molecule has 28 heavy (non-hydrogen) atoms. The van der Waals surface area contributed by atoms with E-state index in [4.69, 9.17) is 0 Å². The zero-order valence-electron chi connectivity index (χ0n) is 18.0. The second kappa shape index (κ2) is 8.78. The number of hydrogen-bond acceptors (Lipinski definition) is 4. The molecule has 0 N–H and O–H groups in total. The van der Waals surface area contributed by atoms with Gasteiger partial charge in [0.2, 0.25) is 5.91 Å². The molecule has 6 heteroatoms. The second-order valence-electron chi connectivity index (χ2n) is 9.14. The highest BCUT2D eigenvalue weighted by Gasteiger charge is 2.40. The van der Waals surface area contributed by atoms with E-state index in [1.54, 1.807) is 6.92 Å². The second-order valence-corrected chi connectivity index (χ2v) is 9.14. The van der Waals surface area contributed by atoms with Crippen molar-refractivity contribution in [2.45, 2.75) is 45.6 Å². The molecule has 1 aromatic heterocycles. The van der Waals surface area contributed by atoms with E-state index < -0.39 is 0 Å². The highest BCUT2D eigenvalue weighted by atomic mass is 16.2. The van der Waals surface area contributed by atoms with Crippen molar-refractivity contribution < 1.29 is 9.59 Å². The van der Waals surface area contributed by atoms with E-state index in [1.165, 1.54) is 5.69 Å². The highest BCUT2D eigenvalue weighted by Crippen LogP contribution is 2.40. The lowest BCUT2D eigenvalue weighted by molar-refractivity contribution is -0.139. The van der Waals surface area contributed by atoms with Crippen molar-refractivity contribution in [2.24, 2.45) is 12.5 Å². The first-order valence-corrected chi connectivity index (χ1v) is 10.6. The minimum atomic E-state index is 0.126. The fourth-order valence-corrected chi connectivity index (χ4v) is 4.67. The van der Waals surface area contributed by atoms with Crippen molar-refractivity contribution in [3.8, 4) is 0 Å². The Morgan fingerprint density at radius 2 is 1.93 bits per heavy atom. The van der Waals surface area contributed by atoms with Crippen molar-refractivity contribution in [1.29, 1.82) is 0 Å². The summed E-state index contributed by atoms with van der Waals surface area (Å²) in [5.74, 6) is 0.466. The first kappa shape index (κ1) is 21.1. The van der Waals surface area contributed by atoms with Crippen LogP contribution in [-0.4, -0.2) is 77.8 Å². The van der Waals surface area contributed by atoms with Crippen LogP contribution < -0.4 is 0 Å². The molecule has 3 rings (SSSR count). The standard InChI is InChI=1S/C22H36N4O2/c1-18(27)19-14-20(24(4)15-19)16-25-12-8-22(9-13-25)7-6-21(28)26(17-22)11-5-10-23(2)3/h14-15H,5-13,16-17H2,1-4H3. The molecule has 1 amide bonds. The Hall–Kier alpha value is -1.66. The molecule has 0 aliphatic carbocycles. The summed E-state index contributed by atoms with van der Waals surface area (Å²) in [4.78, 5) is 30.8. The predicted octanol–water partition coefficient (Wildman–Crippen LogP) is 2.38. The van der Waals surface area contributed by atoms with Crippen molar-refractivity contribution in [2.75, 3.05) is 46.8 Å². The number of Topliss-reactive ketones (excluding diaryl/α,β-unsaturated/α-hetero) is 1. The molecule has 0 saturated carbocycles. The lowest BCUT2D eigenvalue weighted by Crippen LogP contribution is -2.51. The molecular formula is C22H36N4O2. The maximum Gasteiger partial charge on any atom is 0.222 e. The number of ketones is 1. The topological polar surface area (TPSA) is 48.8 Å². The van der Waals surface area contributed by atoms with E-state index in [1.807, 2.05) is 19.3 Å². The molecule has 0 radical (unpaired) electrons. The van der Waals surface area contributed by atoms with Crippen molar-refractivity contribution in [3.63, 3.8) is 0 Å². The largest absolute Gasteiger partial charge is 0.353 e. The Morgan fingerprint density at radius 3 is 2.54 bits per heavy atom. The molecule has 1 aromatic rings. The lowest BCUT2D eigenvalue weighted by atomic mass is 9.72. The quantitative estimate of drug-likeness (QED) is 0.673. The monoisotopic (exact) mass is 388 g/mol. The Balaban J connectivity index is 1.53.